The zero-order chi connectivity index (χ0) is 11.5. The summed E-state index contributed by atoms with van der Waals surface area (Å²) in [5.74, 6) is -0.0261. The van der Waals surface area contributed by atoms with Crippen LogP contribution in [-0.4, -0.2) is 20.6 Å². The van der Waals surface area contributed by atoms with Gasteiger partial charge in [0, 0.05) is 18.0 Å². The molecule has 82 valence electrons. The summed E-state index contributed by atoms with van der Waals surface area (Å²) in [6.45, 7) is 0.550. The first-order valence-corrected chi connectivity index (χ1v) is 5.42. The Balaban J connectivity index is 2.31. The molecule has 16 heavy (non-hydrogen) atoms. The molecule has 2 heterocycles. The monoisotopic (exact) mass is 279 g/mol. The Hall–Kier alpha value is -1.69. The van der Waals surface area contributed by atoms with E-state index >= 15 is 0 Å². The van der Waals surface area contributed by atoms with Crippen LogP contribution < -0.4 is 5.73 Å². The molecule has 0 aromatic carbocycles. The molecule has 0 spiro atoms. The van der Waals surface area contributed by atoms with E-state index in [2.05, 4.69) is 26.0 Å². The molecule has 3 N–H and O–H groups in total. The van der Waals surface area contributed by atoms with Crippen LogP contribution >= 0.6 is 15.9 Å². The van der Waals surface area contributed by atoms with Crippen LogP contribution in [-0.2, 0) is 6.54 Å². The fourth-order valence-electron chi connectivity index (χ4n) is 1.41. The van der Waals surface area contributed by atoms with Crippen molar-refractivity contribution in [2.75, 3.05) is 0 Å². The molecule has 0 aliphatic carbocycles. The number of halogens is 1. The van der Waals surface area contributed by atoms with E-state index in [0.29, 0.717) is 12.2 Å². The third-order valence-corrected chi connectivity index (χ3v) is 2.49. The van der Waals surface area contributed by atoms with Crippen LogP contribution in [0.2, 0.25) is 0 Å². The Labute approximate surface area is 101 Å². The van der Waals surface area contributed by atoms with Crippen LogP contribution in [0.5, 0.6) is 0 Å². The third kappa shape index (κ3) is 2.27. The number of nitrogens with zero attached hydrogens (tertiary/aromatic N) is 3. The van der Waals surface area contributed by atoms with Crippen molar-refractivity contribution >= 4 is 21.8 Å². The summed E-state index contributed by atoms with van der Waals surface area (Å²) in [6.07, 6.45) is 5.19. The van der Waals surface area contributed by atoms with E-state index in [1.807, 2.05) is 18.3 Å². The van der Waals surface area contributed by atoms with Gasteiger partial charge in [0.2, 0.25) is 0 Å². The highest BCUT2D eigenvalue weighted by Crippen LogP contribution is 2.10. The molecule has 0 saturated carbocycles. The van der Waals surface area contributed by atoms with E-state index in [-0.39, 0.29) is 5.84 Å². The summed E-state index contributed by atoms with van der Waals surface area (Å²) < 4.78 is 2.67. The second kappa shape index (κ2) is 4.44. The molecule has 2 rings (SSSR count). The van der Waals surface area contributed by atoms with Crippen LogP contribution in [0.1, 0.15) is 11.3 Å². The predicted octanol–water partition coefficient (Wildman–Crippen LogP) is 1.37. The number of nitrogens with one attached hydrogen (secondary N) is 1. The summed E-state index contributed by atoms with van der Waals surface area (Å²) in [6, 6.07) is 3.71. The van der Waals surface area contributed by atoms with Gasteiger partial charge in [-0.2, -0.15) is 5.10 Å². The quantitative estimate of drug-likeness (QED) is 0.658. The molecule has 0 atom stereocenters. The molecular weight excluding hydrogens is 270 g/mol. The summed E-state index contributed by atoms with van der Waals surface area (Å²) in [4.78, 5) is 4.08. The Bertz CT molecular complexity index is 519. The maximum absolute atomic E-state index is 7.42. The molecule has 2 aromatic rings. The first-order valence-electron chi connectivity index (χ1n) is 4.63. The second-order valence-electron chi connectivity index (χ2n) is 3.28. The van der Waals surface area contributed by atoms with Gasteiger partial charge in [-0.25, -0.2) is 0 Å². The lowest BCUT2D eigenvalue weighted by atomic mass is 10.2. The first kappa shape index (κ1) is 10.8. The van der Waals surface area contributed by atoms with Gasteiger partial charge in [0.15, 0.2) is 0 Å². The fourth-order valence-corrected chi connectivity index (χ4v) is 1.74. The van der Waals surface area contributed by atoms with Crippen molar-refractivity contribution in [3.05, 3.63) is 46.5 Å². The number of nitrogens with two attached hydrogens (primary N) is 1. The topological polar surface area (TPSA) is 80.6 Å². The largest absolute Gasteiger partial charge is 0.382 e. The number of amidine groups is 1. The average Bonchev–Trinajstić information content (AvgIpc) is 2.64. The van der Waals surface area contributed by atoms with Gasteiger partial charge in [0.25, 0.3) is 0 Å². The number of hydrogen-bond acceptors (Lipinski definition) is 3. The van der Waals surface area contributed by atoms with Gasteiger partial charge < -0.3 is 5.73 Å². The maximum atomic E-state index is 7.42. The fraction of sp³-hybridized carbons (Fsp3) is 0.100. The Kier molecular flexibility index (Phi) is 3.00. The minimum atomic E-state index is -0.0261. The molecule has 0 saturated heterocycles. The van der Waals surface area contributed by atoms with Crippen LogP contribution in [0.25, 0.3) is 0 Å². The van der Waals surface area contributed by atoms with Crippen molar-refractivity contribution in [3.63, 3.8) is 0 Å². The van der Waals surface area contributed by atoms with E-state index in [1.54, 1.807) is 17.1 Å². The summed E-state index contributed by atoms with van der Waals surface area (Å²) in [5, 5.41) is 11.6. The van der Waals surface area contributed by atoms with E-state index in [1.165, 1.54) is 0 Å². The van der Waals surface area contributed by atoms with E-state index in [0.717, 1.165) is 10.0 Å². The van der Waals surface area contributed by atoms with E-state index < -0.39 is 0 Å². The minimum Gasteiger partial charge on any atom is -0.382 e. The number of aromatic nitrogens is 3. The molecule has 0 amide bonds. The van der Waals surface area contributed by atoms with Gasteiger partial charge in [-0.1, -0.05) is 6.07 Å². The molecule has 6 heteroatoms. The molecule has 0 fully saturated rings. The van der Waals surface area contributed by atoms with Gasteiger partial charge in [0.1, 0.15) is 11.5 Å². The van der Waals surface area contributed by atoms with Crippen LogP contribution in [0, 0.1) is 5.41 Å². The van der Waals surface area contributed by atoms with Gasteiger partial charge in [-0.05, 0) is 22.0 Å². The van der Waals surface area contributed by atoms with Crippen molar-refractivity contribution in [1.82, 2.24) is 14.8 Å². The van der Waals surface area contributed by atoms with E-state index in [4.69, 9.17) is 11.1 Å². The molecule has 0 radical (unpaired) electrons. The molecular formula is C10H10BrN5. The van der Waals surface area contributed by atoms with Crippen LogP contribution in [0.3, 0.4) is 0 Å². The van der Waals surface area contributed by atoms with Crippen molar-refractivity contribution in [3.8, 4) is 0 Å². The van der Waals surface area contributed by atoms with Gasteiger partial charge in [-0.3, -0.25) is 15.1 Å². The lowest BCUT2D eigenvalue weighted by molar-refractivity contribution is 0.683. The summed E-state index contributed by atoms with van der Waals surface area (Å²) in [5.41, 5.74) is 6.84. The molecule has 0 unspecified atom stereocenters. The van der Waals surface area contributed by atoms with Crippen molar-refractivity contribution < 1.29 is 0 Å². The average molecular weight is 280 g/mol. The number of pyridine rings is 1. The van der Waals surface area contributed by atoms with Gasteiger partial charge >= 0.3 is 0 Å². The smallest absolute Gasteiger partial charge is 0.142 e. The molecule has 0 aliphatic heterocycles. The zero-order valence-corrected chi connectivity index (χ0v) is 9.98. The van der Waals surface area contributed by atoms with E-state index in [9.17, 15) is 0 Å². The number of nitrogen functional groups attached to an aromatic ring is 1. The molecule has 0 aliphatic rings. The molecule has 5 nitrogen and oxygen atoms in total. The Morgan fingerprint density at radius 2 is 2.38 bits per heavy atom. The number of rotatable bonds is 3. The highest BCUT2D eigenvalue weighted by molar-refractivity contribution is 9.10. The highest BCUT2D eigenvalue weighted by Gasteiger charge is 2.07. The van der Waals surface area contributed by atoms with Crippen molar-refractivity contribution in [1.29, 1.82) is 5.41 Å². The van der Waals surface area contributed by atoms with Crippen LogP contribution in [0.4, 0.5) is 0 Å². The Morgan fingerprint density at radius 3 is 3.00 bits per heavy atom. The first-order chi connectivity index (χ1) is 7.66. The molecule has 2 aromatic heterocycles. The zero-order valence-electron chi connectivity index (χ0n) is 8.39. The molecule has 0 bridgehead atoms. The minimum absolute atomic E-state index is 0.0261. The third-order valence-electron chi connectivity index (χ3n) is 2.08. The SMILES string of the molecule is N=C(N)c1ncccc1Cn1cc(Br)cn1. The highest BCUT2D eigenvalue weighted by atomic mass is 79.9. The van der Waals surface area contributed by atoms with Crippen molar-refractivity contribution in [2.24, 2.45) is 5.73 Å². The normalized spacial score (nSPS) is 10.3. The summed E-state index contributed by atoms with van der Waals surface area (Å²) >= 11 is 3.33. The van der Waals surface area contributed by atoms with Gasteiger partial charge in [-0.15, -0.1) is 0 Å². The lowest BCUT2D eigenvalue weighted by Crippen LogP contribution is -2.17. The lowest BCUT2D eigenvalue weighted by Gasteiger charge is -2.06. The van der Waals surface area contributed by atoms with Gasteiger partial charge in [0.05, 0.1) is 17.2 Å². The predicted molar refractivity (Wildman–Crippen MR) is 64.3 cm³/mol. The number of hydrogen-bond donors (Lipinski definition) is 2. The second-order valence-corrected chi connectivity index (χ2v) is 4.20. The van der Waals surface area contributed by atoms with Crippen LogP contribution in [0.15, 0.2) is 35.2 Å². The maximum Gasteiger partial charge on any atom is 0.142 e. The standard InChI is InChI=1S/C10H10BrN5/c11-8-4-15-16(6-8)5-7-2-1-3-14-9(7)10(12)13/h1-4,6H,5H2,(H3,12,13). The summed E-state index contributed by atoms with van der Waals surface area (Å²) in [7, 11) is 0. The van der Waals surface area contributed by atoms with Crippen molar-refractivity contribution in [2.45, 2.75) is 6.54 Å². The Morgan fingerprint density at radius 1 is 1.56 bits per heavy atom.